The number of aryl methyl sites for hydroxylation is 2. The van der Waals surface area contributed by atoms with Crippen molar-refractivity contribution in [2.24, 2.45) is 0 Å². The molecule has 0 unspecified atom stereocenters. The van der Waals surface area contributed by atoms with E-state index in [0.29, 0.717) is 0 Å². The molecule has 0 aliphatic rings. The van der Waals surface area contributed by atoms with Gasteiger partial charge in [-0.1, -0.05) is 36.4 Å². The maximum Gasteiger partial charge on any atom is 0.422 e. The summed E-state index contributed by atoms with van der Waals surface area (Å²) in [6.45, 7) is 2.39. The predicted octanol–water partition coefficient (Wildman–Crippen LogP) is 8.23. The molecular weight excluding hydrogens is 442 g/mol. The Labute approximate surface area is 170 Å². The topological polar surface area (TPSA) is 0 Å². The fraction of sp³-hybridized carbons (Fsp3) is 0.238. The second kappa shape index (κ2) is 8.76. The third kappa shape index (κ3) is 5.68. The minimum atomic E-state index is -5.33. The number of allylic oxidation sites excluding steroid dienone is 2. The van der Waals surface area contributed by atoms with Gasteiger partial charge >= 0.3 is 12.4 Å². The zero-order valence-electron chi connectivity index (χ0n) is 16.0. The molecule has 168 valence electrons. The van der Waals surface area contributed by atoms with E-state index < -0.39 is 46.8 Å². The fourth-order valence-corrected chi connectivity index (χ4v) is 3.06. The van der Waals surface area contributed by atoms with E-state index in [2.05, 4.69) is 0 Å². The van der Waals surface area contributed by atoms with Crippen molar-refractivity contribution in [1.82, 2.24) is 0 Å². The maximum atomic E-state index is 13.0. The first-order chi connectivity index (χ1) is 14.1. The smallest absolute Gasteiger partial charge is 0.173 e. The molecule has 10 heteroatoms. The molecule has 0 nitrogen and oxygen atoms in total. The molecule has 0 aromatic heterocycles. The molecule has 0 bridgehead atoms. The lowest BCUT2D eigenvalue weighted by atomic mass is 9.93. The Balaban J connectivity index is 2.55. The van der Waals surface area contributed by atoms with E-state index in [9.17, 15) is 43.9 Å². The molecule has 31 heavy (non-hydrogen) atoms. The van der Waals surface area contributed by atoms with Crippen molar-refractivity contribution in [3.05, 3.63) is 81.9 Å². The van der Waals surface area contributed by atoms with E-state index in [0.717, 1.165) is 24.3 Å². The number of benzene rings is 2. The lowest BCUT2D eigenvalue weighted by molar-refractivity contribution is -0.0721. The minimum absolute atomic E-state index is 0.0802. The molecule has 0 aliphatic heterocycles. The summed E-state index contributed by atoms with van der Waals surface area (Å²) in [5, 5.41) is 0. The van der Waals surface area contributed by atoms with Crippen LogP contribution in [0.4, 0.5) is 43.9 Å². The van der Waals surface area contributed by atoms with Gasteiger partial charge in [-0.2, -0.15) is 43.9 Å². The van der Waals surface area contributed by atoms with Gasteiger partial charge in [0.15, 0.2) is 0 Å². The summed E-state index contributed by atoms with van der Waals surface area (Å²) >= 11 is 0. The quantitative estimate of drug-likeness (QED) is 0.407. The van der Waals surface area contributed by atoms with E-state index >= 15 is 0 Å². The standard InChI is InChI=1S/C21H14F10/c1-10-3-5-12(8-14(10)16(18(22)23)20(26,27)28)7-13-6-4-11(2)15(9-13)17(19(24)25)21(29,30)31/h3-6,8-9H,7H2,1-2H3. The normalized spacial score (nSPS) is 12.0. The van der Waals surface area contributed by atoms with Gasteiger partial charge in [0.1, 0.15) is 11.1 Å². The van der Waals surface area contributed by atoms with Crippen LogP contribution < -0.4 is 0 Å². The molecule has 2 aromatic rings. The van der Waals surface area contributed by atoms with Crippen LogP contribution in [0.15, 0.2) is 48.6 Å². The zero-order chi connectivity index (χ0) is 23.7. The highest BCUT2D eigenvalue weighted by atomic mass is 19.4. The van der Waals surface area contributed by atoms with Gasteiger partial charge in [-0.05, 0) is 53.6 Å². The van der Waals surface area contributed by atoms with Crippen molar-refractivity contribution in [1.29, 1.82) is 0 Å². The first-order valence-electron chi connectivity index (χ1n) is 8.57. The summed E-state index contributed by atoms with van der Waals surface area (Å²) in [6.07, 6.45) is -16.8. The van der Waals surface area contributed by atoms with Gasteiger partial charge < -0.3 is 0 Å². The van der Waals surface area contributed by atoms with Crippen molar-refractivity contribution in [3.63, 3.8) is 0 Å². The molecule has 0 heterocycles. The molecule has 0 N–H and O–H groups in total. The molecule has 0 atom stereocenters. The Hall–Kier alpha value is -2.78. The number of halogens is 10. The Morgan fingerprint density at radius 3 is 1.19 bits per heavy atom. The number of hydrogen-bond acceptors (Lipinski definition) is 0. The maximum absolute atomic E-state index is 13.0. The summed E-state index contributed by atoms with van der Waals surface area (Å²) in [5.74, 6) is 0. The van der Waals surface area contributed by atoms with Crippen LogP contribution in [0.3, 0.4) is 0 Å². The van der Waals surface area contributed by atoms with Crippen LogP contribution in [0.25, 0.3) is 11.1 Å². The van der Waals surface area contributed by atoms with Crippen molar-refractivity contribution >= 4 is 11.1 Å². The molecule has 2 aromatic carbocycles. The average Bonchev–Trinajstić information content (AvgIpc) is 2.57. The predicted molar refractivity (Wildman–Crippen MR) is 95.5 cm³/mol. The second-order valence-electron chi connectivity index (χ2n) is 6.74. The summed E-state index contributed by atoms with van der Waals surface area (Å²) in [7, 11) is 0. The van der Waals surface area contributed by atoms with Crippen molar-refractivity contribution in [3.8, 4) is 0 Å². The molecule has 0 saturated heterocycles. The van der Waals surface area contributed by atoms with E-state index in [1.54, 1.807) is 0 Å². The monoisotopic (exact) mass is 456 g/mol. The van der Waals surface area contributed by atoms with Gasteiger partial charge in [0.25, 0.3) is 12.2 Å². The molecule has 0 saturated carbocycles. The SMILES string of the molecule is Cc1ccc(Cc2ccc(C)c(C(=C(F)F)C(F)(F)F)c2)cc1C(=C(F)F)C(F)(F)F. The minimum Gasteiger partial charge on any atom is -0.173 e. The molecular formula is C21H14F10. The van der Waals surface area contributed by atoms with E-state index in [4.69, 9.17) is 0 Å². The third-order valence-corrected chi connectivity index (χ3v) is 4.50. The molecule has 0 amide bonds. The van der Waals surface area contributed by atoms with Crippen LogP contribution in [0.5, 0.6) is 0 Å². The van der Waals surface area contributed by atoms with Crippen LogP contribution in [0.2, 0.25) is 0 Å². The number of rotatable bonds is 4. The van der Waals surface area contributed by atoms with Gasteiger partial charge in [0, 0.05) is 0 Å². The van der Waals surface area contributed by atoms with Gasteiger partial charge in [0.2, 0.25) is 0 Å². The van der Waals surface area contributed by atoms with E-state index in [1.165, 1.54) is 26.0 Å². The van der Waals surface area contributed by atoms with Crippen LogP contribution >= 0.6 is 0 Å². The van der Waals surface area contributed by atoms with Gasteiger partial charge in [-0.25, -0.2) is 0 Å². The molecule has 2 rings (SSSR count). The summed E-state index contributed by atoms with van der Waals surface area (Å²) in [5.41, 5.74) is -5.79. The molecule has 0 spiro atoms. The lowest BCUT2D eigenvalue weighted by Crippen LogP contribution is -2.13. The Morgan fingerprint density at radius 2 is 0.935 bits per heavy atom. The highest BCUT2D eigenvalue weighted by Gasteiger charge is 2.40. The van der Waals surface area contributed by atoms with E-state index in [-0.39, 0.29) is 28.7 Å². The zero-order valence-corrected chi connectivity index (χ0v) is 16.0. The van der Waals surface area contributed by atoms with Crippen LogP contribution in [-0.4, -0.2) is 12.4 Å². The van der Waals surface area contributed by atoms with Crippen molar-refractivity contribution in [2.75, 3.05) is 0 Å². The van der Waals surface area contributed by atoms with Gasteiger partial charge in [-0.15, -0.1) is 0 Å². The first kappa shape index (κ1) is 24.5. The van der Waals surface area contributed by atoms with Crippen molar-refractivity contribution < 1.29 is 43.9 Å². The number of alkyl halides is 6. The highest BCUT2D eigenvalue weighted by molar-refractivity contribution is 5.74. The summed E-state index contributed by atoms with van der Waals surface area (Å²) in [4.78, 5) is 0. The average molecular weight is 456 g/mol. The lowest BCUT2D eigenvalue weighted by Gasteiger charge is -2.16. The van der Waals surface area contributed by atoms with Crippen LogP contribution in [0.1, 0.15) is 33.4 Å². The van der Waals surface area contributed by atoms with Gasteiger partial charge in [-0.3, -0.25) is 0 Å². The van der Waals surface area contributed by atoms with Crippen molar-refractivity contribution in [2.45, 2.75) is 32.6 Å². The summed E-state index contributed by atoms with van der Waals surface area (Å²) < 4.78 is 130. The molecule has 0 aliphatic carbocycles. The Bertz CT molecular complexity index is 948. The fourth-order valence-electron chi connectivity index (χ4n) is 3.06. The Morgan fingerprint density at radius 1 is 0.613 bits per heavy atom. The van der Waals surface area contributed by atoms with Crippen LogP contribution in [0, 0.1) is 13.8 Å². The second-order valence-corrected chi connectivity index (χ2v) is 6.74. The third-order valence-electron chi connectivity index (χ3n) is 4.50. The molecule has 0 radical (unpaired) electrons. The van der Waals surface area contributed by atoms with E-state index in [1.807, 2.05) is 0 Å². The van der Waals surface area contributed by atoms with Crippen LogP contribution in [-0.2, 0) is 6.42 Å². The number of hydrogen-bond donors (Lipinski definition) is 0. The Kier molecular flexibility index (Phi) is 6.92. The van der Waals surface area contributed by atoms with Gasteiger partial charge in [0.05, 0.1) is 0 Å². The summed E-state index contributed by atoms with van der Waals surface area (Å²) in [6, 6.07) is 6.67. The highest BCUT2D eigenvalue weighted by Crippen LogP contribution is 2.40. The first-order valence-corrected chi connectivity index (χ1v) is 8.57. The largest absolute Gasteiger partial charge is 0.422 e. The molecule has 0 fully saturated rings.